The van der Waals surface area contributed by atoms with Gasteiger partial charge < -0.3 is 5.32 Å². The van der Waals surface area contributed by atoms with Crippen molar-refractivity contribution in [3.63, 3.8) is 0 Å². The lowest BCUT2D eigenvalue weighted by molar-refractivity contribution is 0.203. The smallest absolute Gasteiger partial charge is 0.0247 e. The van der Waals surface area contributed by atoms with Crippen LogP contribution in [0.5, 0.6) is 0 Å². The molecule has 2 nitrogen and oxygen atoms in total. The van der Waals surface area contributed by atoms with Crippen molar-refractivity contribution >= 4 is 15.9 Å². The summed E-state index contributed by atoms with van der Waals surface area (Å²) in [4.78, 5) is 2.60. The zero-order chi connectivity index (χ0) is 15.2. The quantitative estimate of drug-likeness (QED) is 0.654. The third-order valence-electron chi connectivity index (χ3n) is 4.17. The van der Waals surface area contributed by atoms with E-state index in [0.29, 0.717) is 6.04 Å². The van der Waals surface area contributed by atoms with Crippen molar-refractivity contribution in [2.24, 2.45) is 5.92 Å². The highest BCUT2D eigenvalue weighted by molar-refractivity contribution is 9.10. The Labute approximate surface area is 138 Å². The Morgan fingerprint density at radius 2 is 2.10 bits per heavy atom. The van der Waals surface area contributed by atoms with Crippen LogP contribution in [0.4, 0.5) is 0 Å². The lowest BCUT2D eigenvalue weighted by Crippen LogP contribution is -2.32. The van der Waals surface area contributed by atoms with Crippen LogP contribution in [0.15, 0.2) is 22.7 Å². The highest BCUT2D eigenvalue weighted by Gasteiger charge is 2.25. The van der Waals surface area contributed by atoms with Crippen molar-refractivity contribution in [3.8, 4) is 0 Å². The van der Waals surface area contributed by atoms with Crippen LogP contribution in [0, 0.1) is 5.92 Å². The Balaban J connectivity index is 1.94. The second kappa shape index (κ2) is 8.30. The molecule has 1 N–H and O–H groups in total. The van der Waals surface area contributed by atoms with E-state index in [9.17, 15) is 0 Å². The molecule has 0 aliphatic heterocycles. The fourth-order valence-electron chi connectivity index (χ4n) is 2.55. The molecule has 1 aromatic rings. The second-order valence-corrected chi connectivity index (χ2v) is 7.42. The van der Waals surface area contributed by atoms with E-state index in [2.05, 4.69) is 65.1 Å². The maximum absolute atomic E-state index is 3.76. The van der Waals surface area contributed by atoms with E-state index in [1.807, 2.05) is 0 Å². The van der Waals surface area contributed by atoms with Gasteiger partial charge >= 0.3 is 0 Å². The van der Waals surface area contributed by atoms with Crippen molar-refractivity contribution < 1.29 is 0 Å². The van der Waals surface area contributed by atoms with Gasteiger partial charge in [-0.05, 0) is 62.8 Å². The summed E-state index contributed by atoms with van der Waals surface area (Å²) in [5.41, 5.74) is 2.76. The zero-order valence-electron chi connectivity index (χ0n) is 13.7. The van der Waals surface area contributed by atoms with Gasteiger partial charge in [-0.15, -0.1) is 0 Å². The van der Waals surface area contributed by atoms with E-state index >= 15 is 0 Å². The van der Waals surface area contributed by atoms with Crippen molar-refractivity contribution in [3.05, 3.63) is 33.8 Å². The average Bonchev–Trinajstić information content (AvgIpc) is 3.25. The minimum Gasteiger partial charge on any atom is -0.313 e. The van der Waals surface area contributed by atoms with Crippen LogP contribution in [0.2, 0.25) is 0 Å². The number of benzene rings is 1. The van der Waals surface area contributed by atoms with Crippen molar-refractivity contribution in [2.45, 2.75) is 59.2 Å². The summed E-state index contributed by atoms with van der Waals surface area (Å²) >= 11 is 3.76. The molecule has 2 rings (SSSR count). The van der Waals surface area contributed by atoms with Crippen LogP contribution in [0.25, 0.3) is 0 Å². The van der Waals surface area contributed by atoms with Crippen LogP contribution in [0.1, 0.15) is 51.2 Å². The zero-order valence-corrected chi connectivity index (χ0v) is 15.2. The van der Waals surface area contributed by atoms with Gasteiger partial charge in [0.05, 0.1) is 0 Å². The lowest BCUT2D eigenvalue weighted by Gasteiger charge is -2.27. The predicted molar refractivity (Wildman–Crippen MR) is 94.4 cm³/mol. The first kappa shape index (κ1) is 17.0. The Morgan fingerprint density at radius 1 is 1.33 bits per heavy atom. The molecule has 3 heteroatoms. The number of rotatable bonds is 9. The molecule has 1 aliphatic rings. The standard InChI is InChI=1S/C18H29BrN2/c1-4-9-20-11-16-7-8-17(18(19)10-16)13-21(14(2)3)12-15-5-6-15/h7-8,10,14-15,20H,4-6,9,11-13H2,1-3H3. The highest BCUT2D eigenvalue weighted by atomic mass is 79.9. The molecule has 0 spiro atoms. The van der Waals surface area contributed by atoms with E-state index in [-0.39, 0.29) is 0 Å². The second-order valence-electron chi connectivity index (χ2n) is 6.57. The van der Waals surface area contributed by atoms with Crippen LogP contribution in [-0.2, 0) is 13.1 Å². The molecule has 0 saturated heterocycles. The molecule has 0 atom stereocenters. The van der Waals surface area contributed by atoms with Gasteiger partial charge in [-0.25, -0.2) is 0 Å². The topological polar surface area (TPSA) is 15.3 Å². The molecule has 1 saturated carbocycles. The SMILES string of the molecule is CCCNCc1ccc(CN(CC2CC2)C(C)C)c(Br)c1. The molecule has 1 aliphatic carbocycles. The van der Waals surface area contributed by atoms with Crippen molar-refractivity contribution in [2.75, 3.05) is 13.1 Å². The van der Waals surface area contributed by atoms with Gasteiger partial charge in [0.15, 0.2) is 0 Å². The predicted octanol–water partition coefficient (Wildman–Crippen LogP) is 4.57. The normalized spacial score (nSPS) is 15.1. The fourth-order valence-corrected chi connectivity index (χ4v) is 3.10. The summed E-state index contributed by atoms with van der Waals surface area (Å²) in [6.07, 6.45) is 4.03. The molecule has 0 amide bonds. The third kappa shape index (κ3) is 5.72. The Bertz CT molecular complexity index is 441. The first-order valence-corrected chi connectivity index (χ1v) is 9.11. The third-order valence-corrected chi connectivity index (χ3v) is 4.90. The lowest BCUT2D eigenvalue weighted by atomic mass is 10.1. The van der Waals surface area contributed by atoms with E-state index in [1.54, 1.807) is 0 Å². The Hall–Kier alpha value is -0.380. The van der Waals surface area contributed by atoms with Crippen LogP contribution < -0.4 is 5.32 Å². The average molecular weight is 353 g/mol. The molecule has 0 radical (unpaired) electrons. The number of hydrogen-bond acceptors (Lipinski definition) is 2. The summed E-state index contributed by atoms with van der Waals surface area (Å²) in [5.74, 6) is 0.948. The maximum atomic E-state index is 3.76. The molecule has 1 aromatic carbocycles. The fraction of sp³-hybridized carbons (Fsp3) is 0.667. The molecule has 0 bridgehead atoms. The van der Waals surface area contributed by atoms with Gasteiger partial charge in [0.1, 0.15) is 0 Å². The summed E-state index contributed by atoms with van der Waals surface area (Å²) < 4.78 is 1.25. The summed E-state index contributed by atoms with van der Waals surface area (Å²) in [6.45, 7) is 11.2. The number of halogens is 1. The van der Waals surface area contributed by atoms with E-state index in [0.717, 1.165) is 25.6 Å². The summed E-state index contributed by atoms with van der Waals surface area (Å²) in [6, 6.07) is 7.44. The van der Waals surface area contributed by atoms with Gasteiger partial charge in [0.2, 0.25) is 0 Å². The van der Waals surface area contributed by atoms with Crippen LogP contribution in [0.3, 0.4) is 0 Å². The van der Waals surface area contributed by atoms with Gasteiger partial charge in [-0.2, -0.15) is 0 Å². The molecular weight excluding hydrogens is 324 g/mol. The number of nitrogens with one attached hydrogen (secondary N) is 1. The highest BCUT2D eigenvalue weighted by Crippen LogP contribution is 2.31. The van der Waals surface area contributed by atoms with Gasteiger partial charge in [-0.3, -0.25) is 4.90 Å². The van der Waals surface area contributed by atoms with Gasteiger partial charge in [0, 0.05) is 30.1 Å². The Morgan fingerprint density at radius 3 is 2.67 bits per heavy atom. The van der Waals surface area contributed by atoms with Crippen LogP contribution >= 0.6 is 15.9 Å². The van der Waals surface area contributed by atoms with Crippen LogP contribution in [-0.4, -0.2) is 24.0 Å². The monoisotopic (exact) mass is 352 g/mol. The maximum Gasteiger partial charge on any atom is 0.0247 e. The summed E-state index contributed by atoms with van der Waals surface area (Å²) in [7, 11) is 0. The number of hydrogen-bond donors (Lipinski definition) is 1. The van der Waals surface area contributed by atoms with Crippen molar-refractivity contribution in [1.82, 2.24) is 10.2 Å². The van der Waals surface area contributed by atoms with Crippen molar-refractivity contribution in [1.29, 1.82) is 0 Å². The molecular formula is C18H29BrN2. The first-order valence-electron chi connectivity index (χ1n) is 8.32. The Kier molecular flexibility index (Phi) is 6.72. The van der Waals surface area contributed by atoms with Gasteiger partial charge in [0.25, 0.3) is 0 Å². The summed E-state index contributed by atoms with van der Waals surface area (Å²) in [5, 5.41) is 3.46. The molecule has 0 unspecified atom stereocenters. The van der Waals surface area contributed by atoms with E-state index in [1.165, 1.54) is 41.4 Å². The molecule has 21 heavy (non-hydrogen) atoms. The van der Waals surface area contributed by atoms with E-state index < -0.39 is 0 Å². The first-order chi connectivity index (χ1) is 10.1. The minimum atomic E-state index is 0.614. The minimum absolute atomic E-state index is 0.614. The molecule has 0 heterocycles. The number of nitrogens with zero attached hydrogens (tertiary/aromatic N) is 1. The van der Waals surface area contributed by atoms with E-state index in [4.69, 9.17) is 0 Å². The largest absolute Gasteiger partial charge is 0.313 e. The molecule has 0 aromatic heterocycles. The molecule has 1 fully saturated rings. The van der Waals surface area contributed by atoms with Gasteiger partial charge in [-0.1, -0.05) is 35.0 Å². The molecule has 118 valence electrons.